The molecular weight excluding hydrogens is 222 g/mol. The number of hydrogen-bond donors (Lipinski definition) is 1. The minimum atomic E-state index is 0.260. The third-order valence-corrected chi connectivity index (χ3v) is 3.31. The molecule has 2 unspecified atom stereocenters. The summed E-state index contributed by atoms with van der Waals surface area (Å²) in [5.41, 5.74) is 7.92. The van der Waals surface area contributed by atoms with Gasteiger partial charge in [-0.15, -0.1) is 0 Å². The van der Waals surface area contributed by atoms with E-state index in [1.807, 2.05) is 36.8 Å². The van der Waals surface area contributed by atoms with Crippen LogP contribution >= 0.6 is 11.6 Å². The lowest BCUT2D eigenvalue weighted by atomic mass is 10.1. The van der Waals surface area contributed by atoms with Gasteiger partial charge < -0.3 is 10.3 Å². The molecule has 82 valence electrons. The SMILES string of the molecule is NC1CC1n1cncc1-c1ccccc1Cl. The number of nitrogens with zero attached hydrogens (tertiary/aromatic N) is 2. The van der Waals surface area contributed by atoms with Crippen molar-refractivity contribution < 1.29 is 0 Å². The summed E-state index contributed by atoms with van der Waals surface area (Å²) in [6, 6.07) is 8.44. The Balaban J connectivity index is 2.07. The predicted molar refractivity (Wildman–Crippen MR) is 64.3 cm³/mol. The van der Waals surface area contributed by atoms with Crippen molar-refractivity contribution in [2.45, 2.75) is 18.5 Å². The van der Waals surface area contributed by atoms with Crippen LogP contribution in [0.1, 0.15) is 12.5 Å². The first kappa shape index (κ1) is 9.87. The second-order valence-corrected chi connectivity index (χ2v) is 4.54. The number of halogens is 1. The van der Waals surface area contributed by atoms with Gasteiger partial charge in [0.2, 0.25) is 0 Å². The molecule has 0 spiro atoms. The van der Waals surface area contributed by atoms with Crippen LogP contribution in [-0.4, -0.2) is 15.6 Å². The van der Waals surface area contributed by atoms with Crippen molar-refractivity contribution in [1.82, 2.24) is 9.55 Å². The van der Waals surface area contributed by atoms with Gasteiger partial charge in [0.15, 0.2) is 0 Å². The minimum Gasteiger partial charge on any atom is -0.326 e. The van der Waals surface area contributed by atoms with Crippen LogP contribution in [0.4, 0.5) is 0 Å². The van der Waals surface area contributed by atoms with Gasteiger partial charge in [-0.05, 0) is 12.5 Å². The first-order chi connectivity index (χ1) is 7.77. The number of aromatic nitrogens is 2. The Morgan fingerprint density at radius 2 is 2.12 bits per heavy atom. The van der Waals surface area contributed by atoms with E-state index in [0.29, 0.717) is 6.04 Å². The van der Waals surface area contributed by atoms with E-state index in [9.17, 15) is 0 Å². The molecule has 1 heterocycles. The number of rotatable bonds is 2. The van der Waals surface area contributed by atoms with E-state index >= 15 is 0 Å². The van der Waals surface area contributed by atoms with Crippen molar-refractivity contribution in [2.24, 2.45) is 5.73 Å². The molecule has 1 saturated carbocycles. The van der Waals surface area contributed by atoms with Gasteiger partial charge >= 0.3 is 0 Å². The van der Waals surface area contributed by atoms with E-state index in [1.54, 1.807) is 0 Å². The molecule has 2 aromatic rings. The van der Waals surface area contributed by atoms with Crippen molar-refractivity contribution in [3.8, 4) is 11.3 Å². The fourth-order valence-electron chi connectivity index (χ4n) is 1.97. The lowest BCUT2D eigenvalue weighted by molar-refractivity contribution is 0.718. The first-order valence-electron chi connectivity index (χ1n) is 5.29. The summed E-state index contributed by atoms with van der Waals surface area (Å²) in [6.45, 7) is 0. The summed E-state index contributed by atoms with van der Waals surface area (Å²) >= 11 is 6.18. The highest BCUT2D eigenvalue weighted by molar-refractivity contribution is 6.33. The van der Waals surface area contributed by atoms with Crippen LogP contribution in [0.25, 0.3) is 11.3 Å². The Morgan fingerprint density at radius 3 is 2.81 bits per heavy atom. The molecular formula is C12H12ClN3. The molecule has 4 heteroatoms. The van der Waals surface area contributed by atoms with E-state index in [-0.39, 0.29) is 6.04 Å². The highest BCUT2D eigenvalue weighted by atomic mass is 35.5. The molecule has 1 fully saturated rings. The van der Waals surface area contributed by atoms with Gasteiger partial charge in [0.25, 0.3) is 0 Å². The summed E-state index contributed by atoms with van der Waals surface area (Å²) in [6.07, 6.45) is 4.69. The zero-order valence-electron chi connectivity index (χ0n) is 8.68. The molecule has 1 aromatic carbocycles. The molecule has 1 aromatic heterocycles. The fraction of sp³-hybridized carbons (Fsp3) is 0.250. The lowest BCUT2D eigenvalue weighted by Crippen LogP contribution is -2.06. The molecule has 2 N–H and O–H groups in total. The van der Waals surface area contributed by atoms with Gasteiger partial charge in [-0.1, -0.05) is 29.8 Å². The van der Waals surface area contributed by atoms with E-state index < -0.39 is 0 Å². The predicted octanol–water partition coefficient (Wildman–Crippen LogP) is 2.48. The molecule has 0 radical (unpaired) electrons. The Kier molecular flexibility index (Phi) is 2.23. The molecule has 1 aliphatic rings. The maximum absolute atomic E-state index is 6.18. The maximum atomic E-state index is 6.18. The van der Waals surface area contributed by atoms with Gasteiger partial charge in [0, 0.05) is 16.6 Å². The molecule has 0 saturated heterocycles. The summed E-state index contributed by atoms with van der Waals surface area (Å²) in [7, 11) is 0. The zero-order valence-corrected chi connectivity index (χ0v) is 9.43. The van der Waals surface area contributed by atoms with E-state index in [0.717, 1.165) is 22.7 Å². The van der Waals surface area contributed by atoms with Crippen molar-refractivity contribution in [3.05, 3.63) is 41.8 Å². The van der Waals surface area contributed by atoms with Crippen molar-refractivity contribution in [2.75, 3.05) is 0 Å². The van der Waals surface area contributed by atoms with Crippen molar-refractivity contribution in [1.29, 1.82) is 0 Å². The Labute approximate surface area is 98.9 Å². The average molecular weight is 234 g/mol. The molecule has 2 atom stereocenters. The van der Waals surface area contributed by atoms with Crippen LogP contribution in [0.3, 0.4) is 0 Å². The Morgan fingerprint density at radius 1 is 1.38 bits per heavy atom. The topological polar surface area (TPSA) is 43.8 Å². The molecule has 3 rings (SSSR count). The van der Waals surface area contributed by atoms with E-state index in [2.05, 4.69) is 9.55 Å². The normalized spacial score (nSPS) is 23.4. The smallest absolute Gasteiger partial charge is 0.0954 e. The third-order valence-electron chi connectivity index (χ3n) is 2.98. The van der Waals surface area contributed by atoms with Gasteiger partial charge in [-0.25, -0.2) is 4.98 Å². The van der Waals surface area contributed by atoms with Crippen LogP contribution in [0.2, 0.25) is 5.02 Å². The van der Waals surface area contributed by atoms with Crippen LogP contribution < -0.4 is 5.73 Å². The van der Waals surface area contributed by atoms with Crippen LogP contribution in [0, 0.1) is 0 Å². The number of nitrogens with two attached hydrogens (primary N) is 1. The summed E-state index contributed by atoms with van der Waals surface area (Å²) < 4.78 is 2.12. The second-order valence-electron chi connectivity index (χ2n) is 4.13. The number of benzene rings is 1. The van der Waals surface area contributed by atoms with Crippen LogP contribution in [-0.2, 0) is 0 Å². The van der Waals surface area contributed by atoms with Crippen molar-refractivity contribution in [3.63, 3.8) is 0 Å². The highest BCUT2D eigenvalue weighted by Gasteiger charge is 2.36. The van der Waals surface area contributed by atoms with Crippen LogP contribution in [0.15, 0.2) is 36.8 Å². The standard InChI is InChI=1S/C12H12ClN3/c13-9-4-2-1-3-8(9)12-6-15-7-16(12)11-5-10(11)14/h1-4,6-7,10-11H,5,14H2. The quantitative estimate of drug-likeness (QED) is 0.866. The van der Waals surface area contributed by atoms with Gasteiger partial charge in [-0.2, -0.15) is 0 Å². The lowest BCUT2D eigenvalue weighted by Gasteiger charge is -2.08. The van der Waals surface area contributed by atoms with E-state index in [4.69, 9.17) is 17.3 Å². The molecule has 0 bridgehead atoms. The Bertz CT molecular complexity index is 520. The highest BCUT2D eigenvalue weighted by Crippen LogP contribution is 2.38. The molecule has 0 aliphatic heterocycles. The second kappa shape index (κ2) is 3.61. The van der Waals surface area contributed by atoms with E-state index in [1.165, 1.54) is 0 Å². The van der Waals surface area contributed by atoms with Gasteiger partial charge in [0.05, 0.1) is 24.3 Å². The average Bonchev–Trinajstić information content (AvgIpc) is 2.82. The molecule has 1 aliphatic carbocycles. The summed E-state index contributed by atoms with van der Waals surface area (Å²) in [5, 5.41) is 0.749. The van der Waals surface area contributed by atoms with Gasteiger partial charge in [0.1, 0.15) is 0 Å². The molecule has 0 amide bonds. The van der Waals surface area contributed by atoms with Crippen molar-refractivity contribution >= 4 is 11.6 Å². The fourth-order valence-corrected chi connectivity index (χ4v) is 2.20. The third kappa shape index (κ3) is 1.52. The van der Waals surface area contributed by atoms with Gasteiger partial charge in [-0.3, -0.25) is 0 Å². The minimum absolute atomic E-state index is 0.260. The molecule has 3 nitrogen and oxygen atoms in total. The zero-order chi connectivity index (χ0) is 11.1. The first-order valence-corrected chi connectivity index (χ1v) is 5.67. The van der Waals surface area contributed by atoms with Crippen LogP contribution in [0.5, 0.6) is 0 Å². The number of imidazole rings is 1. The molecule has 16 heavy (non-hydrogen) atoms. The largest absolute Gasteiger partial charge is 0.326 e. The summed E-state index contributed by atoms with van der Waals surface area (Å²) in [4.78, 5) is 4.18. The number of hydrogen-bond acceptors (Lipinski definition) is 2. The maximum Gasteiger partial charge on any atom is 0.0954 e. The summed E-state index contributed by atoms with van der Waals surface area (Å²) in [5.74, 6) is 0. The monoisotopic (exact) mass is 233 g/mol. The Hall–Kier alpha value is -1.32.